The fourth-order valence-electron chi connectivity index (χ4n) is 0.805. The zero-order valence-corrected chi connectivity index (χ0v) is 8.92. The van der Waals surface area contributed by atoms with E-state index in [-0.39, 0.29) is 4.47 Å². The van der Waals surface area contributed by atoms with Crippen LogP contribution in [0.15, 0.2) is 22.7 Å². The van der Waals surface area contributed by atoms with Gasteiger partial charge in [0.05, 0.1) is 4.47 Å². The standard InChI is InChI=1S/C9H8BrFO3/c1-5(9(12)13)14-6-2-3-8(11)7(10)4-6/h2-5H,1H3,(H,12,13). The van der Waals surface area contributed by atoms with Gasteiger partial charge in [0.2, 0.25) is 0 Å². The first kappa shape index (κ1) is 11.0. The van der Waals surface area contributed by atoms with Crippen LogP contribution in [0.5, 0.6) is 5.75 Å². The highest BCUT2D eigenvalue weighted by Gasteiger charge is 2.12. The Morgan fingerprint density at radius 2 is 2.29 bits per heavy atom. The van der Waals surface area contributed by atoms with Crippen molar-refractivity contribution in [1.82, 2.24) is 0 Å². The average molecular weight is 263 g/mol. The lowest BCUT2D eigenvalue weighted by atomic mass is 10.3. The van der Waals surface area contributed by atoms with Crippen molar-refractivity contribution in [3.63, 3.8) is 0 Å². The van der Waals surface area contributed by atoms with E-state index in [1.54, 1.807) is 0 Å². The van der Waals surface area contributed by atoms with Crippen LogP contribution in [0.4, 0.5) is 4.39 Å². The third-order valence-corrected chi connectivity index (χ3v) is 2.16. The topological polar surface area (TPSA) is 46.5 Å². The molecule has 14 heavy (non-hydrogen) atoms. The zero-order valence-electron chi connectivity index (χ0n) is 7.33. The maximum absolute atomic E-state index is 12.8. The van der Waals surface area contributed by atoms with Crippen molar-refractivity contribution in [3.8, 4) is 5.75 Å². The van der Waals surface area contributed by atoms with E-state index in [1.165, 1.54) is 25.1 Å². The molecule has 0 saturated carbocycles. The highest BCUT2D eigenvalue weighted by Crippen LogP contribution is 2.22. The fraction of sp³-hybridized carbons (Fsp3) is 0.222. The van der Waals surface area contributed by atoms with E-state index in [9.17, 15) is 9.18 Å². The number of hydrogen-bond donors (Lipinski definition) is 1. The molecule has 1 atom stereocenters. The number of carbonyl (C=O) groups is 1. The SMILES string of the molecule is CC(Oc1ccc(F)c(Br)c1)C(=O)O. The van der Waals surface area contributed by atoms with Gasteiger partial charge in [0.25, 0.3) is 0 Å². The van der Waals surface area contributed by atoms with Gasteiger partial charge in [-0.15, -0.1) is 0 Å². The third kappa shape index (κ3) is 2.70. The average Bonchev–Trinajstić information content (AvgIpc) is 2.11. The van der Waals surface area contributed by atoms with Crippen molar-refractivity contribution in [2.24, 2.45) is 0 Å². The van der Waals surface area contributed by atoms with Gasteiger partial charge in [0.15, 0.2) is 6.10 Å². The van der Waals surface area contributed by atoms with Gasteiger partial charge >= 0.3 is 5.97 Å². The first-order valence-electron chi connectivity index (χ1n) is 3.85. The molecule has 1 unspecified atom stereocenters. The number of aliphatic carboxylic acids is 1. The molecule has 1 aromatic carbocycles. The number of carboxylic acid groups (broad SMARTS) is 1. The summed E-state index contributed by atoms with van der Waals surface area (Å²) in [7, 11) is 0. The van der Waals surface area contributed by atoms with Crippen LogP contribution in [-0.2, 0) is 4.79 Å². The van der Waals surface area contributed by atoms with Crippen LogP contribution >= 0.6 is 15.9 Å². The Hall–Kier alpha value is -1.10. The Morgan fingerprint density at radius 3 is 2.79 bits per heavy atom. The van der Waals surface area contributed by atoms with Gasteiger partial charge in [-0.1, -0.05) is 0 Å². The van der Waals surface area contributed by atoms with Crippen LogP contribution < -0.4 is 4.74 Å². The molecule has 0 amide bonds. The summed E-state index contributed by atoms with van der Waals surface area (Å²) in [6, 6.07) is 3.96. The Morgan fingerprint density at radius 1 is 1.64 bits per heavy atom. The number of benzene rings is 1. The molecule has 0 radical (unpaired) electrons. The van der Waals surface area contributed by atoms with Crippen molar-refractivity contribution in [1.29, 1.82) is 0 Å². The maximum atomic E-state index is 12.8. The molecular weight excluding hydrogens is 255 g/mol. The zero-order chi connectivity index (χ0) is 10.7. The molecule has 76 valence electrons. The third-order valence-electron chi connectivity index (χ3n) is 1.55. The molecule has 5 heteroatoms. The minimum absolute atomic E-state index is 0.243. The molecule has 0 aliphatic rings. The van der Waals surface area contributed by atoms with Crippen LogP contribution in [0.25, 0.3) is 0 Å². The molecule has 3 nitrogen and oxygen atoms in total. The van der Waals surface area contributed by atoms with E-state index in [0.717, 1.165) is 0 Å². The monoisotopic (exact) mass is 262 g/mol. The molecule has 0 aromatic heterocycles. The quantitative estimate of drug-likeness (QED) is 0.910. The molecule has 0 heterocycles. The minimum atomic E-state index is -1.06. The van der Waals surface area contributed by atoms with E-state index >= 15 is 0 Å². The van der Waals surface area contributed by atoms with Crippen LogP contribution in [0, 0.1) is 5.82 Å². The van der Waals surface area contributed by atoms with Crippen molar-refractivity contribution >= 4 is 21.9 Å². The van der Waals surface area contributed by atoms with Gasteiger partial charge in [-0.25, -0.2) is 9.18 Å². The van der Waals surface area contributed by atoms with Crippen molar-refractivity contribution in [3.05, 3.63) is 28.5 Å². The molecule has 1 rings (SSSR count). The van der Waals surface area contributed by atoms with Crippen molar-refractivity contribution < 1.29 is 19.0 Å². The highest BCUT2D eigenvalue weighted by atomic mass is 79.9. The van der Waals surface area contributed by atoms with Crippen LogP contribution in [0.2, 0.25) is 0 Å². The molecule has 0 spiro atoms. The minimum Gasteiger partial charge on any atom is -0.479 e. The van der Waals surface area contributed by atoms with E-state index in [4.69, 9.17) is 9.84 Å². The summed E-state index contributed by atoms with van der Waals surface area (Å²) < 4.78 is 18.0. The van der Waals surface area contributed by atoms with Gasteiger partial charge < -0.3 is 9.84 Å². The van der Waals surface area contributed by atoms with Gasteiger partial charge in [-0.3, -0.25) is 0 Å². The predicted molar refractivity (Wildman–Crippen MR) is 51.8 cm³/mol. The van der Waals surface area contributed by atoms with E-state index < -0.39 is 17.9 Å². The second kappa shape index (κ2) is 4.41. The summed E-state index contributed by atoms with van der Waals surface area (Å²) in [4.78, 5) is 10.4. The van der Waals surface area contributed by atoms with Crippen LogP contribution in [0.1, 0.15) is 6.92 Å². The lowest BCUT2D eigenvalue weighted by Crippen LogP contribution is -2.22. The maximum Gasteiger partial charge on any atom is 0.344 e. The summed E-state index contributed by atoms with van der Waals surface area (Å²) in [6.07, 6.45) is -0.952. The summed E-state index contributed by atoms with van der Waals surface area (Å²) in [5.41, 5.74) is 0. The molecule has 0 saturated heterocycles. The molecular formula is C9H8BrFO3. The largest absolute Gasteiger partial charge is 0.479 e. The Labute approximate surface area is 88.6 Å². The summed E-state index contributed by atoms with van der Waals surface area (Å²) in [5, 5.41) is 8.56. The van der Waals surface area contributed by atoms with E-state index in [1.807, 2.05) is 0 Å². The number of hydrogen-bond acceptors (Lipinski definition) is 2. The van der Waals surface area contributed by atoms with Crippen LogP contribution in [-0.4, -0.2) is 17.2 Å². The van der Waals surface area contributed by atoms with Crippen molar-refractivity contribution in [2.75, 3.05) is 0 Å². The first-order valence-corrected chi connectivity index (χ1v) is 4.64. The molecule has 0 bridgehead atoms. The van der Waals surface area contributed by atoms with Gasteiger partial charge in [-0.2, -0.15) is 0 Å². The lowest BCUT2D eigenvalue weighted by Gasteiger charge is -2.10. The second-order valence-electron chi connectivity index (χ2n) is 2.67. The van der Waals surface area contributed by atoms with Crippen LogP contribution in [0.3, 0.4) is 0 Å². The van der Waals surface area contributed by atoms with E-state index in [0.29, 0.717) is 5.75 Å². The highest BCUT2D eigenvalue weighted by molar-refractivity contribution is 9.10. The van der Waals surface area contributed by atoms with Crippen molar-refractivity contribution in [2.45, 2.75) is 13.0 Å². The summed E-state index contributed by atoms with van der Waals surface area (Å²) in [5.74, 6) is -1.17. The summed E-state index contributed by atoms with van der Waals surface area (Å²) >= 11 is 2.97. The van der Waals surface area contributed by atoms with Gasteiger partial charge in [0, 0.05) is 0 Å². The number of halogens is 2. The lowest BCUT2D eigenvalue weighted by molar-refractivity contribution is -0.144. The molecule has 0 aliphatic heterocycles. The van der Waals surface area contributed by atoms with E-state index in [2.05, 4.69) is 15.9 Å². The second-order valence-corrected chi connectivity index (χ2v) is 3.53. The number of rotatable bonds is 3. The number of carboxylic acids is 1. The first-order chi connectivity index (χ1) is 6.50. The molecule has 0 fully saturated rings. The predicted octanol–water partition coefficient (Wildman–Crippen LogP) is 2.44. The molecule has 1 N–H and O–H groups in total. The Balaban J connectivity index is 2.78. The normalized spacial score (nSPS) is 12.2. The van der Waals surface area contributed by atoms with Gasteiger partial charge in [0.1, 0.15) is 11.6 Å². The smallest absolute Gasteiger partial charge is 0.344 e. The Kier molecular flexibility index (Phi) is 3.46. The molecule has 1 aromatic rings. The molecule has 0 aliphatic carbocycles. The summed E-state index contributed by atoms with van der Waals surface area (Å²) in [6.45, 7) is 1.40. The fourth-order valence-corrected chi connectivity index (χ4v) is 1.16. The Bertz CT molecular complexity index is 354. The van der Waals surface area contributed by atoms with Gasteiger partial charge in [-0.05, 0) is 41.1 Å². The number of ether oxygens (including phenoxy) is 1.